The fraction of sp³-hybridized carbons (Fsp3) is 0.133. The Balaban J connectivity index is 2.23. The molecule has 2 nitrogen and oxygen atoms in total. The summed E-state index contributed by atoms with van der Waals surface area (Å²) in [4.78, 5) is 0. The smallest absolute Gasteiger partial charge is 0.0935 e. The van der Waals surface area contributed by atoms with E-state index in [0.717, 1.165) is 11.3 Å². The molecule has 0 fully saturated rings. The van der Waals surface area contributed by atoms with Gasteiger partial charge in [-0.2, -0.15) is 5.10 Å². The van der Waals surface area contributed by atoms with Crippen LogP contribution in [-0.2, 0) is 0 Å². The Labute approximate surface area is 133 Å². The van der Waals surface area contributed by atoms with E-state index in [4.69, 9.17) is 34.8 Å². The van der Waals surface area contributed by atoms with Crippen LogP contribution in [-0.4, -0.2) is 5.71 Å². The standard InChI is InChI=1S/C15H13Cl3N2/c1-9-3-5-11(6-4-9)10(2)19-20-15-13(17)7-12(16)8-14(15)18/h3-8,20H,1-2H3/b19-10+. The first-order chi connectivity index (χ1) is 9.47. The number of benzene rings is 2. The third kappa shape index (κ3) is 3.66. The van der Waals surface area contributed by atoms with Crippen molar-refractivity contribution in [2.45, 2.75) is 13.8 Å². The van der Waals surface area contributed by atoms with Gasteiger partial charge in [-0.15, -0.1) is 0 Å². The van der Waals surface area contributed by atoms with Crippen molar-refractivity contribution in [3.63, 3.8) is 0 Å². The van der Waals surface area contributed by atoms with E-state index in [1.54, 1.807) is 12.1 Å². The predicted molar refractivity (Wildman–Crippen MR) is 88.5 cm³/mol. The van der Waals surface area contributed by atoms with Crippen molar-refractivity contribution in [2.24, 2.45) is 5.10 Å². The highest BCUT2D eigenvalue weighted by atomic mass is 35.5. The van der Waals surface area contributed by atoms with Gasteiger partial charge in [-0.25, -0.2) is 0 Å². The molecule has 0 atom stereocenters. The number of anilines is 1. The summed E-state index contributed by atoms with van der Waals surface area (Å²) in [6, 6.07) is 11.3. The Morgan fingerprint density at radius 2 is 1.55 bits per heavy atom. The summed E-state index contributed by atoms with van der Waals surface area (Å²) in [5.41, 5.74) is 6.51. The molecule has 0 aliphatic carbocycles. The van der Waals surface area contributed by atoms with E-state index in [1.165, 1.54) is 5.56 Å². The number of hydrogen-bond donors (Lipinski definition) is 1. The highest BCUT2D eigenvalue weighted by Crippen LogP contribution is 2.33. The number of aryl methyl sites for hydroxylation is 1. The molecule has 0 bridgehead atoms. The van der Waals surface area contributed by atoms with Gasteiger partial charge in [0.1, 0.15) is 0 Å². The molecule has 2 aromatic carbocycles. The molecule has 2 aromatic rings. The van der Waals surface area contributed by atoms with E-state index in [2.05, 4.69) is 10.5 Å². The molecule has 104 valence electrons. The summed E-state index contributed by atoms with van der Waals surface area (Å²) in [7, 11) is 0. The molecule has 0 saturated heterocycles. The van der Waals surface area contributed by atoms with Gasteiger partial charge in [-0.1, -0.05) is 64.6 Å². The number of hydrazone groups is 1. The molecule has 20 heavy (non-hydrogen) atoms. The number of nitrogens with zero attached hydrogens (tertiary/aromatic N) is 1. The zero-order valence-corrected chi connectivity index (χ0v) is 13.3. The predicted octanol–water partition coefficient (Wildman–Crippen LogP) is 5.79. The third-order valence-electron chi connectivity index (χ3n) is 2.81. The molecule has 5 heteroatoms. The van der Waals surface area contributed by atoms with Crippen molar-refractivity contribution in [1.82, 2.24) is 0 Å². The lowest BCUT2D eigenvalue weighted by Crippen LogP contribution is -2.00. The van der Waals surface area contributed by atoms with Gasteiger partial charge < -0.3 is 0 Å². The average molecular weight is 328 g/mol. The molecule has 0 spiro atoms. The minimum absolute atomic E-state index is 0.433. The molecule has 0 heterocycles. The van der Waals surface area contributed by atoms with E-state index >= 15 is 0 Å². The van der Waals surface area contributed by atoms with Crippen LogP contribution in [0.5, 0.6) is 0 Å². The first-order valence-electron chi connectivity index (χ1n) is 5.99. The second kappa shape index (κ2) is 6.49. The second-order valence-electron chi connectivity index (χ2n) is 4.42. The fourth-order valence-electron chi connectivity index (χ4n) is 1.65. The van der Waals surface area contributed by atoms with Crippen molar-refractivity contribution in [3.8, 4) is 0 Å². The number of rotatable bonds is 3. The molecule has 0 aromatic heterocycles. The van der Waals surface area contributed by atoms with Crippen molar-refractivity contribution >= 4 is 46.2 Å². The first kappa shape index (κ1) is 15.2. The maximum atomic E-state index is 6.08. The number of hydrogen-bond acceptors (Lipinski definition) is 2. The van der Waals surface area contributed by atoms with Crippen LogP contribution in [0.4, 0.5) is 5.69 Å². The largest absolute Gasteiger partial charge is 0.275 e. The Morgan fingerprint density at radius 1 is 1.00 bits per heavy atom. The Hall–Kier alpha value is -1.22. The van der Waals surface area contributed by atoms with Crippen LogP contribution in [0.1, 0.15) is 18.1 Å². The highest BCUT2D eigenvalue weighted by Gasteiger charge is 2.07. The van der Waals surface area contributed by atoms with Gasteiger partial charge in [0, 0.05) is 5.02 Å². The van der Waals surface area contributed by atoms with Crippen molar-refractivity contribution in [2.75, 3.05) is 5.43 Å². The normalized spacial score (nSPS) is 11.6. The SMILES string of the molecule is C/C(=N\Nc1c(Cl)cc(Cl)cc1Cl)c1ccc(C)cc1. The Bertz CT molecular complexity index is 626. The molecule has 0 aliphatic rings. The molecule has 0 unspecified atom stereocenters. The van der Waals surface area contributed by atoms with E-state index in [0.29, 0.717) is 20.8 Å². The number of nitrogens with one attached hydrogen (secondary N) is 1. The lowest BCUT2D eigenvalue weighted by atomic mass is 10.1. The topological polar surface area (TPSA) is 24.4 Å². The van der Waals surface area contributed by atoms with Crippen molar-refractivity contribution < 1.29 is 0 Å². The Kier molecular flexibility index (Phi) is 4.92. The van der Waals surface area contributed by atoms with Gasteiger partial charge in [0.2, 0.25) is 0 Å². The van der Waals surface area contributed by atoms with Crippen LogP contribution in [0.2, 0.25) is 15.1 Å². The molecule has 0 aliphatic heterocycles. The lowest BCUT2D eigenvalue weighted by Gasteiger charge is -2.08. The molecular weight excluding hydrogens is 315 g/mol. The molecule has 0 radical (unpaired) electrons. The zero-order chi connectivity index (χ0) is 14.7. The summed E-state index contributed by atoms with van der Waals surface area (Å²) < 4.78 is 0. The minimum atomic E-state index is 0.433. The van der Waals surface area contributed by atoms with E-state index in [9.17, 15) is 0 Å². The highest BCUT2D eigenvalue weighted by molar-refractivity contribution is 6.41. The van der Waals surface area contributed by atoms with Crippen LogP contribution in [0.15, 0.2) is 41.5 Å². The third-order valence-corrected chi connectivity index (χ3v) is 3.63. The number of halogens is 3. The van der Waals surface area contributed by atoms with E-state index < -0.39 is 0 Å². The lowest BCUT2D eigenvalue weighted by molar-refractivity contribution is 1.32. The van der Waals surface area contributed by atoms with Crippen LogP contribution in [0.25, 0.3) is 0 Å². The van der Waals surface area contributed by atoms with Crippen LogP contribution in [0.3, 0.4) is 0 Å². The zero-order valence-electron chi connectivity index (χ0n) is 11.0. The maximum Gasteiger partial charge on any atom is 0.0935 e. The Morgan fingerprint density at radius 3 is 2.10 bits per heavy atom. The molecule has 0 saturated carbocycles. The van der Waals surface area contributed by atoms with Gasteiger partial charge in [0.15, 0.2) is 0 Å². The molecule has 0 amide bonds. The molecule has 1 N–H and O–H groups in total. The van der Waals surface area contributed by atoms with Crippen molar-refractivity contribution in [1.29, 1.82) is 0 Å². The minimum Gasteiger partial charge on any atom is -0.275 e. The first-order valence-corrected chi connectivity index (χ1v) is 7.12. The molecular formula is C15H13Cl3N2. The van der Waals surface area contributed by atoms with Gasteiger partial charge >= 0.3 is 0 Å². The van der Waals surface area contributed by atoms with Crippen molar-refractivity contribution in [3.05, 3.63) is 62.6 Å². The summed E-state index contributed by atoms with van der Waals surface area (Å²) in [5.74, 6) is 0. The van der Waals surface area contributed by atoms with Gasteiger partial charge in [-0.3, -0.25) is 5.43 Å². The monoisotopic (exact) mass is 326 g/mol. The summed E-state index contributed by atoms with van der Waals surface area (Å²) in [5, 5.41) is 5.66. The molecule has 2 rings (SSSR count). The average Bonchev–Trinajstić information content (AvgIpc) is 2.38. The van der Waals surface area contributed by atoms with E-state index in [1.807, 2.05) is 38.1 Å². The van der Waals surface area contributed by atoms with Crippen LogP contribution < -0.4 is 5.43 Å². The fourth-order valence-corrected chi connectivity index (χ4v) is 2.55. The van der Waals surface area contributed by atoms with Gasteiger partial charge in [-0.05, 0) is 31.5 Å². The second-order valence-corrected chi connectivity index (χ2v) is 5.67. The van der Waals surface area contributed by atoms with Gasteiger partial charge in [0.25, 0.3) is 0 Å². The van der Waals surface area contributed by atoms with Crippen LogP contribution in [0, 0.1) is 6.92 Å². The van der Waals surface area contributed by atoms with Crippen LogP contribution >= 0.6 is 34.8 Å². The van der Waals surface area contributed by atoms with Gasteiger partial charge in [0.05, 0.1) is 21.4 Å². The quantitative estimate of drug-likeness (QED) is 0.560. The maximum absolute atomic E-state index is 6.08. The summed E-state index contributed by atoms with van der Waals surface area (Å²) >= 11 is 18.0. The summed E-state index contributed by atoms with van der Waals surface area (Å²) in [6.07, 6.45) is 0. The van der Waals surface area contributed by atoms with E-state index in [-0.39, 0.29) is 0 Å². The summed E-state index contributed by atoms with van der Waals surface area (Å²) in [6.45, 7) is 3.96.